The number of aromatic nitrogens is 5. The van der Waals surface area contributed by atoms with Crippen molar-refractivity contribution in [2.75, 3.05) is 0 Å². The maximum absolute atomic E-state index is 5.22. The molecule has 0 unspecified atom stereocenters. The van der Waals surface area contributed by atoms with Gasteiger partial charge in [-0.2, -0.15) is 4.98 Å². The minimum Gasteiger partial charge on any atom is -0.338 e. The molecule has 0 saturated carbocycles. The molecule has 0 aliphatic rings. The third kappa shape index (κ3) is 3.07. The number of aryl methyl sites for hydroxylation is 1. The molecule has 0 radical (unpaired) electrons. The van der Waals surface area contributed by atoms with Crippen LogP contribution in [0.2, 0.25) is 0 Å². The molecule has 0 amide bonds. The van der Waals surface area contributed by atoms with Crippen molar-refractivity contribution < 1.29 is 4.52 Å². The van der Waals surface area contributed by atoms with Crippen LogP contribution in [-0.4, -0.2) is 25.3 Å². The second-order valence-corrected chi connectivity index (χ2v) is 5.98. The predicted octanol–water partition coefficient (Wildman–Crippen LogP) is 3.16. The molecular weight excluding hydrogens is 294 g/mol. The molecule has 1 N–H and O–H groups in total. The first-order valence-electron chi connectivity index (χ1n) is 6.25. The van der Waals surface area contributed by atoms with E-state index in [-0.39, 0.29) is 0 Å². The van der Waals surface area contributed by atoms with Crippen LogP contribution in [0.25, 0.3) is 10.7 Å². The third-order valence-electron chi connectivity index (χ3n) is 2.53. The third-order valence-corrected chi connectivity index (χ3v) is 4.23. The first kappa shape index (κ1) is 13.3. The summed E-state index contributed by atoms with van der Waals surface area (Å²) in [5.41, 5.74) is 0. The Hall–Kier alpha value is -1.67. The van der Waals surface area contributed by atoms with Gasteiger partial charge in [-0.3, -0.25) is 5.10 Å². The number of hydrogen-bond acceptors (Lipinski definition) is 7. The van der Waals surface area contributed by atoms with Crippen molar-refractivity contribution in [1.82, 2.24) is 25.3 Å². The fourth-order valence-electron chi connectivity index (χ4n) is 1.64. The largest absolute Gasteiger partial charge is 0.338 e. The van der Waals surface area contributed by atoms with E-state index in [0.29, 0.717) is 22.6 Å². The van der Waals surface area contributed by atoms with Crippen molar-refractivity contribution in [3.8, 4) is 10.7 Å². The average Bonchev–Trinajstić information content (AvgIpc) is 3.18. The smallest absolute Gasteiger partial charge is 0.237 e. The lowest BCUT2D eigenvalue weighted by atomic mass is 10.3. The van der Waals surface area contributed by atoms with Gasteiger partial charge >= 0.3 is 0 Å². The van der Waals surface area contributed by atoms with Crippen molar-refractivity contribution in [2.45, 2.75) is 30.7 Å². The van der Waals surface area contributed by atoms with Gasteiger partial charge in [-0.05, 0) is 17.9 Å². The topological polar surface area (TPSA) is 80.5 Å². The monoisotopic (exact) mass is 307 g/mol. The Morgan fingerprint density at radius 1 is 1.40 bits per heavy atom. The van der Waals surface area contributed by atoms with Crippen molar-refractivity contribution in [3.63, 3.8) is 0 Å². The van der Waals surface area contributed by atoms with Gasteiger partial charge in [-0.15, -0.1) is 16.4 Å². The highest BCUT2D eigenvalue weighted by Crippen LogP contribution is 2.23. The lowest BCUT2D eigenvalue weighted by molar-refractivity contribution is 0.391. The number of H-pyrrole nitrogens is 1. The van der Waals surface area contributed by atoms with Crippen molar-refractivity contribution >= 4 is 23.1 Å². The first-order valence-corrected chi connectivity index (χ1v) is 8.12. The van der Waals surface area contributed by atoms with Gasteiger partial charge in [0.25, 0.3) is 0 Å². The summed E-state index contributed by atoms with van der Waals surface area (Å²) in [6.45, 7) is 2.11. The van der Waals surface area contributed by atoms with Crippen LogP contribution in [-0.2, 0) is 12.2 Å². The molecule has 104 valence electrons. The number of nitrogens with zero attached hydrogens (tertiary/aromatic N) is 4. The Morgan fingerprint density at radius 3 is 3.15 bits per heavy atom. The maximum Gasteiger partial charge on any atom is 0.237 e. The van der Waals surface area contributed by atoms with Crippen LogP contribution in [0.4, 0.5) is 0 Å². The standard InChI is InChI=1S/C12H13N5OS2/c1-2-4-9-13-12(16-15-9)20-7-10-14-11(17-18-10)8-5-3-6-19-8/h3,5-6H,2,4,7H2,1H3,(H,13,15,16). The summed E-state index contributed by atoms with van der Waals surface area (Å²) in [5, 5.41) is 13.7. The summed E-state index contributed by atoms with van der Waals surface area (Å²) in [6, 6.07) is 3.94. The van der Waals surface area contributed by atoms with Crippen LogP contribution in [0, 0.1) is 0 Å². The minimum atomic E-state index is 0.571. The summed E-state index contributed by atoms with van der Waals surface area (Å²) >= 11 is 3.08. The molecule has 8 heteroatoms. The van der Waals surface area contributed by atoms with E-state index in [0.717, 1.165) is 23.5 Å². The van der Waals surface area contributed by atoms with Crippen LogP contribution in [0.1, 0.15) is 25.1 Å². The fraction of sp³-hybridized carbons (Fsp3) is 0.333. The Bertz CT molecular complexity index is 661. The summed E-state index contributed by atoms with van der Waals surface area (Å²) in [7, 11) is 0. The van der Waals surface area contributed by atoms with E-state index in [1.807, 2.05) is 17.5 Å². The number of thiophene rings is 1. The molecule has 0 atom stereocenters. The molecule has 3 aromatic heterocycles. The highest BCUT2D eigenvalue weighted by Gasteiger charge is 2.11. The van der Waals surface area contributed by atoms with Gasteiger partial charge in [0, 0.05) is 6.42 Å². The Morgan fingerprint density at radius 2 is 2.35 bits per heavy atom. The van der Waals surface area contributed by atoms with Gasteiger partial charge in [0.15, 0.2) is 0 Å². The van der Waals surface area contributed by atoms with Crippen LogP contribution in [0.15, 0.2) is 27.2 Å². The number of hydrogen-bond donors (Lipinski definition) is 1. The molecule has 3 heterocycles. The second-order valence-electron chi connectivity index (χ2n) is 4.09. The number of thioether (sulfide) groups is 1. The molecule has 0 aliphatic carbocycles. The fourth-order valence-corrected chi connectivity index (χ4v) is 2.94. The van der Waals surface area contributed by atoms with Gasteiger partial charge in [-0.25, -0.2) is 4.98 Å². The van der Waals surface area contributed by atoms with E-state index in [1.54, 1.807) is 11.3 Å². The second kappa shape index (κ2) is 6.19. The molecule has 20 heavy (non-hydrogen) atoms. The lowest BCUT2D eigenvalue weighted by Crippen LogP contribution is -1.85. The lowest BCUT2D eigenvalue weighted by Gasteiger charge is -1.89. The Kier molecular flexibility index (Phi) is 4.12. The molecule has 0 aromatic carbocycles. The number of rotatable bonds is 6. The zero-order valence-corrected chi connectivity index (χ0v) is 12.5. The molecular formula is C12H13N5OS2. The van der Waals surface area contributed by atoms with Gasteiger partial charge in [0.2, 0.25) is 16.9 Å². The molecule has 0 bridgehead atoms. The normalized spacial score (nSPS) is 11.1. The first-order chi connectivity index (χ1) is 9.85. The van der Waals surface area contributed by atoms with E-state index >= 15 is 0 Å². The van der Waals surface area contributed by atoms with Gasteiger partial charge in [0.05, 0.1) is 10.6 Å². The summed E-state index contributed by atoms with van der Waals surface area (Å²) < 4.78 is 5.22. The maximum atomic E-state index is 5.22. The summed E-state index contributed by atoms with van der Waals surface area (Å²) in [6.07, 6.45) is 1.96. The van der Waals surface area contributed by atoms with Gasteiger partial charge in [0.1, 0.15) is 5.82 Å². The summed E-state index contributed by atoms with van der Waals surface area (Å²) in [5.74, 6) is 2.71. The molecule has 3 aromatic rings. The van der Waals surface area contributed by atoms with Crippen LogP contribution >= 0.6 is 23.1 Å². The summed E-state index contributed by atoms with van der Waals surface area (Å²) in [4.78, 5) is 9.74. The SMILES string of the molecule is CCCc1nc(SCc2nc(-c3cccs3)no2)n[nH]1. The zero-order valence-electron chi connectivity index (χ0n) is 10.9. The van der Waals surface area contributed by atoms with Gasteiger partial charge < -0.3 is 4.52 Å². The van der Waals surface area contributed by atoms with E-state index < -0.39 is 0 Å². The number of aromatic amines is 1. The molecule has 0 spiro atoms. The number of nitrogens with one attached hydrogen (secondary N) is 1. The van der Waals surface area contributed by atoms with Crippen LogP contribution in [0.3, 0.4) is 0 Å². The molecule has 3 rings (SSSR count). The van der Waals surface area contributed by atoms with E-state index in [9.17, 15) is 0 Å². The van der Waals surface area contributed by atoms with E-state index in [4.69, 9.17) is 4.52 Å². The van der Waals surface area contributed by atoms with E-state index in [2.05, 4.69) is 32.2 Å². The Balaban J connectivity index is 1.60. The zero-order chi connectivity index (χ0) is 13.8. The van der Waals surface area contributed by atoms with Crippen molar-refractivity contribution in [3.05, 3.63) is 29.2 Å². The van der Waals surface area contributed by atoms with Gasteiger partial charge in [-0.1, -0.05) is 29.9 Å². The van der Waals surface area contributed by atoms with Crippen LogP contribution in [0.5, 0.6) is 0 Å². The van der Waals surface area contributed by atoms with Crippen LogP contribution < -0.4 is 0 Å². The average molecular weight is 307 g/mol. The van der Waals surface area contributed by atoms with Crippen molar-refractivity contribution in [2.24, 2.45) is 0 Å². The van der Waals surface area contributed by atoms with E-state index in [1.165, 1.54) is 11.8 Å². The molecule has 0 fully saturated rings. The highest BCUT2D eigenvalue weighted by molar-refractivity contribution is 7.98. The minimum absolute atomic E-state index is 0.571. The highest BCUT2D eigenvalue weighted by atomic mass is 32.2. The molecule has 0 saturated heterocycles. The molecule has 6 nitrogen and oxygen atoms in total. The molecule has 0 aliphatic heterocycles. The Labute approximate surface area is 124 Å². The predicted molar refractivity (Wildman–Crippen MR) is 77.5 cm³/mol. The quantitative estimate of drug-likeness (QED) is 0.705. The van der Waals surface area contributed by atoms with Crippen molar-refractivity contribution in [1.29, 1.82) is 0 Å².